The Kier molecular flexibility index (Phi) is 6.22. The van der Waals surface area contributed by atoms with Crippen molar-refractivity contribution in [1.82, 2.24) is 0 Å². The van der Waals surface area contributed by atoms with Crippen LogP contribution in [0.2, 0.25) is 5.02 Å². The summed E-state index contributed by atoms with van der Waals surface area (Å²) in [5.74, 6) is 0.295. The molecule has 0 fully saturated rings. The molecule has 4 nitrogen and oxygen atoms in total. The fraction of sp³-hybridized carbons (Fsp3) is 0.333. The van der Waals surface area contributed by atoms with Gasteiger partial charge in [0.2, 0.25) is 0 Å². The minimum atomic E-state index is -0.325. The highest BCUT2D eigenvalue weighted by Crippen LogP contribution is 2.40. The summed E-state index contributed by atoms with van der Waals surface area (Å²) < 4.78 is 5.81. The second-order valence-electron chi connectivity index (χ2n) is 6.26. The van der Waals surface area contributed by atoms with E-state index in [0.29, 0.717) is 21.6 Å². The van der Waals surface area contributed by atoms with Crippen molar-refractivity contribution in [3.63, 3.8) is 0 Å². The maximum Gasteiger partial charge on any atom is 0.341 e. The molecule has 0 bridgehead atoms. The van der Waals surface area contributed by atoms with Crippen molar-refractivity contribution in [2.75, 3.05) is 17.7 Å². The normalized spacial score (nSPS) is 15.9. The van der Waals surface area contributed by atoms with Gasteiger partial charge < -0.3 is 15.4 Å². The van der Waals surface area contributed by atoms with Crippen LogP contribution in [0.5, 0.6) is 0 Å². The predicted molar refractivity (Wildman–Crippen MR) is 116 cm³/mol. The summed E-state index contributed by atoms with van der Waals surface area (Å²) in [7, 11) is 1.40. The van der Waals surface area contributed by atoms with E-state index in [-0.39, 0.29) is 5.97 Å². The van der Waals surface area contributed by atoms with E-state index in [1.54, 1.807) is 17.4 Å². The van der Waals surface area contributed by atoms with Gasteiger partial charge in [0.05, 0.1) is 17.7 Å². The van der Waals surface area contributed by atoms with Gasteiger partial charge in [0, 0.05) is 15.0 Å². The first-order valence-electron chi connectivity index (χ1n) is 8.15. The molecule has 3 rings (SSSR count). The quantitative estimate of drug-likeness (QED) is 0.430. The number of halogens is 2. The van der Waals surface area contributed by atoms with Gasteiger partial charge in [0.25, 0.3) is 0 Å². The first-order chi connectivity index (χ1) is 12.4. The van der Waals surface area contributed by atoms with Gasteiger partial charge in [0.15, 0.2) is 5.11 Å². The fourth-order valence-electron chi connectivity index (χ4n) is 3.00. The number of ether oxygens (including phenoxy) is 1. The molecule has 0 spiro atoms. The lowest BCUT2D eigenvalue weighted by Crippen LogP contribution is -2.20. The van der Waals surface area contributed by atoms with Crippen molar-refractivity contribution in [2.45, 2.75) is 26.2 Å². The average molecular weight is 474 g/mol. The SMILES string of the molecule is COC(=O)c1c(NC(=S)Nc2ccc(Br)c(Cl)c2)sc2c1CCC(C)C2. The Labute approximate surface area is 175 Å². The Hall–Kier alpha value is -1.15. The summed E-state index contributed by atoms with van der Waals surface area (Å²) in [6.07, 6.45) is 2.95. The Morgan fingerprint density at radius 1 is 1.42 bits per heavy atom. The molecule has 1 aliphatic carbocycles. The Bertz CT molecular complexity index is 869. The summed E-state index contributed by atoms with van der Waals surface area (Å²) in [6, 6.07) is 5.49. The second kappa shape index (κ2) is 8.25. The molecule has 1 unspecified atom stereocenters. The van der Waals surface area contributed by atoms with Gasteiger partial charge in [-0.25, -0.2) is 4.79 Å². The van der Waals surface area contributed by atoms with Crippen molar-refractivity contribution in [3.8, 4) is 0 Å². The summed E-state index contributed by atoms with van der Waals surface area (Å²) in [6.45, 7) is 2.23. The number of rotatable bonds is 3. The maximum atomic E-state index is 12.3. The minimum Gasteiger partial charge on any atom is -0.465 e. The topological polar surface area (TPSA) is 50.4 Å². The van der Waals surface area contributed by atoms with Crippen LogP contribution in [0.1, 0.15) is 34.1 Å². The van der Waals surface area contributed by atoms with Crippen LogP contribution in [0.25, 0.3) is 0 Å². The fourth-order valence-corrected chi connectivity index (χ4v) is 5.11. The van der Waals surface area contributed by atoms with E-state index < -0.39 is 0 Å². The predicted octanol–water partition coefficient (Wildman–Crippen LogP) is 5.88. The summed E-state index contributed by atoms with van der Waals surface area (Å²) >= 11 is 16.5. The number of carbonyl (C=O) groups excluding carboxylic acids is 1. The van der Waals surface area contributed by atoms with Crippen LogP contribution in [-0.2, 0) is 17.6 Å². The summed E-state index contributed by atoms with van der Waals surface area (Å²) in [4.78, 5) is 13.6. The standard InChI is InChI=1S/C18H18BrClN2O2S2/c1-9-3-5-11-14(7-9)26-16(15(11)17(23)24-2)22-18(25)21-10-4-6-12(19)13(20)8-10/h4,6,8-9H,3,5,7H2,1-2H3,(H2,21,22,25). The molecule has 1 aromatic carbocycles. The Morgan fingerprint density at radius 3 is 2.88 bits per heavy atom. The Morgan fingerprint density at radius 2 is 2.19 bits per heavy atom. The summed E-state index contributed by atoms with van der Waals surface area (Å²) in [5, 5.41) is 7.99. The number of methoxy groups -OCH3 is 1. The molecule has 0 aliphatic heterocycles. The van der Waals surface area contributed by atoms with Crippen LogP contribution in [0.3, 0.4) is 0 Å². The molecule has 0 saturated carbocycles. The summed E-state index contributed by atoms with van der Waals surface area (Å²) in [5.41, 5.74) is 2.47. The number of benzene rings is 1. The first kappa shape index (κ1) is 19.6. The molecule has 26 heavy (non-hydrogen) atoms. The van der Waals surface area contributed by atoms with Gasteiger partial charge in [-0.15, -0.1) is 11.3 Å². The minimum absolute atomic E-state index is 0.325. The molecule has 8 heteroatoms. The molecule has 2 N–H and O–H groups in total. The molecule has 138 valence electrons. The van der Waals surface area contributed by atoms with Gasteiger partial charge in [-0.1, -0.05) is 18.5 Å². The molecule has 1 aliphatic rings. The zero-order valence-electron chi connectivity index (χ0n) is 14.3. The van der Waals surface area contributed by atoms with E-state index in [0.717, 1.165) is 40.0 Å². The van der Waals surface area contributed by atoms with Crippen molar-refractivity contribution in [1.29, 1.82) is 0 Å². The Balaban J connectivity index is 1.83. The molecule has 1 heterocycles. The van der Waals surface area contributed by atoms with E-state index in [2.05, 4.69) is 33.5 Å². The van der Waals surface area contributed by atoms with E-state index in [1.807, 2.05) is 12.1 Å². The number of hydrogen-bond donors (Lipinski definition) is 2. The number of hydrogen-bond acceptors (Lipinski definition) is 4. The lowest BCUT2D eigenvalue weighted by atomic mass is 9.88. The lowest BCUT2D eigenvalue weighted by Gasteiger charge is -2.18. The van der Waals surface area contributed by atoms with Crippen LogP contribution in [0.15, 0.2) is 22.7 Å². The van der Waals surface area contributed by atoms with E-state index in [9.17, 15) is 4.79 Å². The third-order valence-electron chi connectivity index (χ3n) is 4.31. The van der Waals surface area contributed by atoms with Crippen LogP contribution >= 0.6 is 51.1 Å². The highest BCUT2D eigenvalue weighted by atomic mass is 79.9. The van der Waals surface area contributed by atoms with Gasteiger partial charge in [-0.05, 0) is 77.1 Å². The molecular weight excluding hydrogens is 456 g/mol. The highest BCUT2D eigenvalue weighted by molar-refractivity contribution is 9.10. The average Bonchev–Trinajstić information content (AvgIpc) is 2.94. The molecule has 0 saturated heterocycles. The van der Waals surface area contributed by atoms with Crippen molar-refractivity contribution < 1.29 is 9.53 Å². The largest absolute Gasteiger partial charge is 0.465 e. The zero-order chi connectivity index (χ0) is 18.8. The molecular formula is C18H18BrClN2O2S2. The molecule has 2 aromatic rings. The lowest BCUT2D eigenvalue weighted by molar-refractivity contribution is 0.0601. The van der Waals surface area contributed by atoms with Crippen molar-refractivity contribution in [3.05, 3.63) is 43.7 Å². The van der Waals surface area contributed by atoms with Gasteiger partial charge in [-0.3, -0.25) is 0 Å². The molecule has 0 amide bonds. The van der Waals surface area contributed by atoms with Crippen LogP contribution in [-0.4, -0.2) is 18.2 Å². The number of thiophene rings is 1. The smallest absolute Gasteiger partial charge is 0.341 e. The van der Waals surface area contributed by atoms with Crippen molar-refractivity contribution >= 4 is 72.9 Å². The number of thiocarbonyl (C=S) groups is 1. The first-order valence-corrected chi connectivity index (χ1v) is 10.5. The van der Waals surface area contributed by atoms with E-state index in [1.165, 1.54) is 12.0 Å². The number of carbonyl (C=O) groups is 1. The third-order valence-corrected chi connectivity index (χ3v) is 6.91. The molecule has 1 atom stereocenters. The van der Waals surface area contributed by atoms with Crippen LogP contribution < -0.4 is 10.6 Å². The van der Waals surface area contributed by atoms with E-state index in [4.69, 9.17) is 28.6 Å². The zero-order valence-corrected chi connectivity index (χ0v) is 18.3. The third kappa shape index (κ3) is 4.22. The number of nitrogens with one attached hydrogen (secondary N) is 2. The number of fused-ring (bicyclic) bond motifs is 1. The van der Waals surface area contributed by atoms with Gasteiger partial charge in [0.1, 0.15) is 5.00 Å². The number of esters is 1. The monoisotopic (exact) mass is 472 g/mol. The second-order valence-corrected chi connectivity index (χ2v) is 9.03. The van der Waals surface area contributed by atoms with Gasteiger partial charge >= 0.3 is 5.97 Å². The van der Waals surface area contributed by atoms with Crippen LogP contribution in [0, 0.1) is 5.92 Å². The number of anilines is 2. The highest BCUT2D eigenvalue weighted by Gasteiger charge is 2.28. The molecule has 1 aromatic heterocycles. The maximum absolute atomic E-state index is 12.3. The van der Waals surface area contributed by atoms with Crippen molar-refractivity contribution in [2.24, 2.45) is 5.92 Å². The van der Waals surface area contributed by atoms with Crippen LogP contribution in [0.4, 0.5) is 10.7 Å². The molecule has 0 radical (unpaired) electrons. The van der Waals surface area contributed by atoms with E-state index >= 15 is 0 Å². The van der Waals surface area contributed by atoms with Gasteiger partial charge in [-0.2, -0.15) is 0 Å².